The second-order valence-electron chi connectivity index (χ2n) is 6.15. The first-order valence-corrected chi connectivity index (χ1v) is 9.64. The van der Waals surface area contributed by atoms with Gasteiger partial charge in [-0.05, 0) is 30.5 Å². The molecule has 0 amide bonds. The standard InChI is InChI=1S/C16H21F2NO5S/c1-23-15(20)16(5-3-4-6-16)19-10-14(24-25(2,21)22)11-7-12(17)9-13(18)8-11/h7-9,14,19H,3-6,10H2,1-2H3/t14-/m1/s1. The average Bonchev–Trinajstić information content (AvgIpc) is 2.98. The summed E-state index contributed by atoms with van der Waals surface area (Å²) in [6.45, 7) is -0.120. The van der Waals surface area contributed by atoms with Crippen molar-refractivity contribution in [1.29, 1.82) is 0 Å². The number of hydrogen-bond donors (Lipinski definition) is 1. The maximum absolute atomic E-state index is 13.5. The minimum Gasteiger partial charge on any atom is -0.468 e. The molecule has 0 bridgehead atoms. The van der Waals surface area contributed by atoms with Crippen LogP contribution in [0.15, 0.2) is 18.2 Å². The van der Waals surface area contributed by atoms with Crippen molar-refractivity contribution in [3.05, 3.63) is 35.4 Å². The van der Waals surface area contributed by atoms with Crippen molar-refractivity contribution < 1.29 is 30.9 Å². The number of carbonyl (C=O) groups excluding carboxylic acids is 1. The molecule has 0 aliphatic heterocycles. The van der Waals surface area contributed by atoms with Crippen molar-refractivity contribution in [3.63, 3.8) is 0 Å². The van der Waals surface area contributed by atoms with Gasteiger partial charge in [-0.1, -0.05) is 12.8 Å². The zero-order valence-electron chi connectivity index (χ0n) is 14.1. The Morgan fingerprint density at radius 1 is 1.24 bits per heavy atom. The number of methoxy groups -OCH3 is 1. The molecular formula is C16H21F2NO5S. The van der Waals surface area contributed by atoms with E-state index in [2.05, 4.69) is 5.32 Å². The van der Waals surface area contributed by atoms with Gasteiger partial charge in [0.1, 0.15) is 23.3 Å². The lowest BCUT2D eigenvalue weighted by Gasteiger charge is -2.29. The van der Waals surface area contributed by atoms with E-state index in [-0.39, 0.29) is 12.1 Å². The van der Waals surface area contributed by atoms with Crippen LogP contribution in [0.5, 0.6) is 0 Å². The molecule has 1 aromatic carbocycles. The summed E-state index contributed by atoms with van der Waals surface area (Å²) in [7, 11) is -2.62. The van der Waals surface area contributed by atoms with Crippen LogP contribution in [-0.2, 0) is 23.8 Å². The van der Waals surface area contributed by atoms with Crippen LogP contribution in [0.4, 0.5) is 8.78 Å². The fourth-order valence-corrected chi connectivity index (χ4v) is 3.70. The molecule has 9 heteroatoms. The summed E-state index contributed by atoms with van der Waals surface area (Å²) in [4.78, 5) is 12.1. The summed E-state index contributed by atoms with van der Waals surface area (Å²) in [5, 5.41) is 3.00. The Morgan fingerprint density at radius 3 is 2.28 bits per heavy atom. The van der Waals surface area contributed by atoms with Gasteiger partial charge in [-0.3, -0.25) is 14.3 Å². The predicted molar refractivity (Wildman–Crippen MR) is 86.2 cm³/mol. The molecule has 0 saturated heterocycles. The van der Waals surface area contributed by atoms with Gasteiger partial charge in [-0.25, -0.2) is 8.78 Å². The van der Waals surface area contributed by atoms with Gasteiger partial charge in [0.15, 0.2) is 0 Å². The number of halogens is 2. The second-order valence-corrected chi connectivity index (χ2v) is 7.75. The van der Waals surface area contributed by atoms with E-state index >= 15 is 0 Å². The lowest BCUT2D eigenvalue weighted by molar-refractivity contribution is -0.148. The molecule has 1 saturated carbocycles. The van der Waals surface area contributed by atoms with E-state index < -0.39 is 39.4 Å². The first-order chi connectivity index (χ1) is 11.6. The Balaban J connectivity index is 2.25. The van der Waals surface area contributed by atoms with Crippen LogP contribution in [0.2, 0.25) is 0 Å². The molecule has 0 unspecified atom stereocenters. The van der Waals surface area contributed by atoms with E-state index in [1.54, 1.807) is 0 Å². The highest BCUT2D eigenvalue weighted by Gasteiger charge is 2.42. The molecule has 6 nitrogen and oxygen atoms in total. The van der Waals surface area contributed by atoms with Crippen LogP contribution >= 0.6 is 0 Å². The number of nitrogens with one attached hydrogen (secondary N) is 1. The first kappa shape index (κ1) is 19.7. The van der Waals surface area contributed by atoms with Gasteiger partial charge in [-0.15, -0.1) is 0 Å². The maximum Gasteiger partial charge on any atom is 0.326 e. The van der Waals surface area contributed by atoms with E-state index in [1.165, 1.54) is 7.11 Å². The van der Waals surface area contributed by atoms with Gasteiger partial charge in [0.2, 0.25) is 0 Å². The van der Waals surface area contributed by atoms with Crippen LogP contribution in [-0.4, -0.2) is 39.8 Å². The van der Waals surface area contributed by atoms with E-state index in [0.29, 0.717) is 18.9 Å². The molecule has 140 valence electrons. The number of benzene rings is 1. The molecule has 0 aromatic heterocycles. The average molecular weight is 377 g/mol. The fraction of sp³-hybridized carbons (Fsp3) is 0.562. The van der Waals surface area contributed by atoms with Gasteiger partial charge < -0.3 is 4.74 Å². The summed E-state index contributed by atoms with van der Waals surface area (Å²) < 4.78 is 59.8. The third-order valence-electron chi connectivity index (χ3n) is 4.21. The Kier molecular flexibility index (Phi) is 6.12. The Labute approximate surface area is 145 Å². The van der Waals surface area contributed by atoms with Gasteiger partial charge >= 0.3 is 5.97 Å². The van der Waals surface area contributed by atoms with Gasteiger partial charge in [0.25, 0.3) is 10.1 Å². The van der Waals surface area contributed by atoms with Crippen molar-refractivity contribution in [3.8, 4) is 0 Å². The molecule has 0 heterocycles. The van der Waals surface area contributed by atoms with Gasteiger partial charge in [0, 0.05) is 12.6 Å². The smallest absolute Gasteiger partial charge is 0.326 e. The summed E-state index contributed by atoms with van der Waals surface area (Å²) >= 11 is 0. The van der Waals surface area contributed by atoms with Crippen LogP contribution in [0.1, 0.15) is 37.4 Å². The zero-order chi connectivity index (χ0) is 18.7. The molecule has 1 aliphatic carbocycles. The lowest BCUT2D eigenvalue weighted by atomic mass is 9.97. The summed E-state index contributed by atoms with van der Waals surface area (Å²) in [5.41, 5.74) is -0.923. The van der Waals surface area contributed by atoms with E-state index in [1.807, 2.05) is 0 Å². The molecule has 1 N–H and O–H groups in total. The van der Waals surface area contributed by atoms with Crippen molar-refractivity contribution in [2.75, 3.05) is 19.9 Å². The molecular weight excluding hydrogens is 356 g/mol. The summed E-state index contributed by atoms with van der Waals surface area (Å²) in [6.07, 6.45) is 2.36. The fourth-order valence-electron chi connectivity index (χ4n) is 3.09. The van der Waals surface area contributed by atoms with Gasteiger partial charge in [-0.2, -0.15) is 8.42 Å². The monoisotopic (exact) mass is 377 g/mol. The van der Waals surface area contributed by atoms with Crippen molar-refractivity contribution >= 4 is 16.1 Å². The highest BCUT2D eigenvalue weighted by molar-refractivity contribution is 7.86. The molecule has 2 rings (SSSR count). The quantitative estimate of drug-likeness (QED) is 0.579. The normalized spacial score (nSPS) is 18.1. The number of esters is 1. The zero-order valence-corrected chi connectivity index (χ0v) is 14.9. The Bertz CT molecular complexity index is 712. The molecule has 0 spiro atoms. The predicted octanol–water partition coefficient (Wildman–Crippen LogP) is 2.06. The SMILES string of the molecule is COC(=O)C1(NC[C@@H](OS(C)(=O)=O)c2cc(F)cc(F)c2)CCCC1. The summed E-state index contributed by atoms with van der Waals surface area (Å²) in [5.74, 6) is -2.14. The Hall–Kier alpha value is -1.58. The topological polar surface area (TPSA) is 81.7 Å². The third-order valence-corrected chi connectivity index (χ3v) is 4.79. The molecule has 1 fully saturated rings. The second kappa shape index (κ2) is 7.76. The van der Waals surface area contributed by atoms with Crippen LogP contribution < -0.4 is 5.32 Å². The van der Waals surface area contributed by atoms with Crippen LogP contribution in [0, 0.1) is 11.6 Å². The highest BCUT2D eigenvalue weighted by atomic mass is 32.2. The number of ether oxygens (including phenoxy) is 1. The molecule has 1 atom stereocenters. The Morgan fingerprint density at radius 2 is 1.80 bits per heavy atom. The van der Waals surface area contributed by atoms with E-state index in [4.69, 9.17) is 8.92 Å². The molecule has 25 heavy (non-hydrogen) atoms. The van der Waals surface area contributed by atoms with E-state index in [0.717, 1.165) is 31.2 Å². The van der Waals surface area contributed by atoms with Crippen LogP contribution in [0.25, 0.3) is 0 Å². The lowest BCUT2D eigenvalue weighted by Crippen LogP contribution is -2.52. The van der Waals surface area contributed by atoms with Crippen molar-refractivity contribution in [2.45, 2.75) is 37.3 Å². The van der Waals surface area contributed by atoms with Crippen molar-refractivity contribution in [1.82, 2.24) is 5.32 Å². The maximum atomic E-state index is 13.5. The summed E-state index contributed by atoms with van der Waals surface area (Å²) in [6, 6.07) is 2.68. The van der Waals surface area contributed by atoms with Crippen molar-refractivity contribution in [2.24, 2.45) is 0 Å². The molecule has 1 aromatic rings. The third kappa shape index (κ3) is 5.20. The minimum absolute atomic E-state index is 0.0217. The number of carbonyl (C=O) groups is 1. The minimum atomic E-state index is -3.89. The number of rotatable bonds is 7. The highest BCUT2D eigenvalue weighted by Crippen LogP contribution is 2.32. The molecule has 0 radical (unpaired) electrons. The van der Waals surface area contributed by atoms with Gasteiger partial charge in [0.05, 0.1) is 13.4 Å². The van der Waals surface area contributed by atoms with Crippen LogP contribution in [0.3, 0.4) is 0 Å². The first-order valence-electron chi connectivity index (χ1n) is 7.83. The largest absolute Gasteiger partial charge is 0.468 e. The number of hydrogen-bond acceptors (Lipinski definition) is 6. The van der Waals surface area contributed by atoms with E-state index in [9.17, 15) is 22.0 Å². The molecule has 1 aliphatic rings.